The quantitative estimate of drug-likeness (QED) is 0.780. The van der Waals surface area contributed by atoms with E-state index in [4.69, 9.17) is 5.11 Å². The lowest BCUT2D eigenvalue weighted by Gasteiger charge is -2.31. The largest absolute Gasteiger partial charge is 0.481 e. The average molecular weight is 269 g/mol. The zero-order chi connectivity index (χ0) is 13.8. The Morgan fingerprint density at radius 1 is 1.26 bits per heavy atom. The van der Waals surface area contributed by atoms with Crippen LogP contribution in [0.5, 0.6) is 0 Å². The average Bonchev–Trinajstić information content (AvgIpc) is 2.82. The molecule has 2 N–H and O–H groups in total. The van der Waals surface area contributed by atoms with E-state index in [1.807, 2.05) is 0 Å². The highest BCUT2D eigenvalue weighted by Crippen LogP contribution is 2.17. The van der Waals surface area contributed by atoms with Gasteiger partial charge in [-0.25, -0.2) is 4.79 Å². The summed E-state index contributed by atoms with van der Waals surface area (Å²) in [5.41, 5.74) is 0. The number of hydrogen-bond donors (Lipinski definition) is 2. The van der Waals surface area contributed by atoms with Crippen molar-refractivity contribution in [1.82, 2.24) is 15.1 Å². The van der Waals surface area contributed by atoms with Crippen LogP contribution in [0.4, 0.5) is 4.79 Å². The number of carboxylic acid groups (broad SMARTS) is 1. The molecular weight excluding hydrogens is 246 g/mol. The number of amides is 2. The Balaban J connectivity index is 1.74. The Hall–Kier alpha value is -1.30. The number of likely N-dealkylation sites (tertiary alicyclic amines) is 2. The number of carbonyl (C=O) groups excluding carboxylic acids is 1. The molecule has 2 aliphatic rings. The van der Waals surface area contributed by atoms with E-state index in [9.17, 15) is 9.59 Å². The van der Waals surface area contributed by atoms with Crippen LogP contribution in [0.25, 0.3) is 0 Å². The van der Waals surface area contributed by atoms with E-state index in [2.05, 4.69) is 17.3 Å². The third-order valence-electron chi connectivity index (χ3n) is 4.09. The Morgan fingerprint density at radius 3 is 2.68 bits per heavy atom. The van der Waals surface area contributed by atoms with Crippen molar-refractivity contribution >= 4 is 12.0 Å². The second-order valence-electron chi connectivity index (χ2n) is 5.73. The lowest BCUT2D eigenvalue weighted by atomic mass is 9.99. The first kappa shape index (κ1) is 14.1. The van der Waals surface area contributed by atoms with Crippen LogP contribution in [-0.4, -0.2) is 66.7 Å². The van der Waals surface area contributed by atoms with Gasteiger partial charge in [-0.15, -0.1) is 0 Å². The maximum Gasteiger partial charge on any atom is 0.317 e. The van der Waals surface area contributed by atoms with Gasteiger partial charge in [-0.05, 0) is 38.8 Å². The van der Waals surface area contributed by atoms with E-state index < -0.39 is 11.9 Å². The molecule has 0 radical (unpaired) electrons. The highest BCUT2D eigenvalue weighted by molar-refractivity contribution is 5.76. The minimum absolute atomic E-state index is 0.111. The first-order valence-corrected chi connectivity index (χ1v) is 7.00. The van der Waals surface area contributed by atoms with Crippen molar-refractivity contribution in [2.24, 2.45) is 11.8 Å². The summed E-state index contributed by atoms with van der Waals surface area (Å²) in [6.07, 6.45) is 2.57. The summed E-state index contributed by atoms with van der Waals surface area (Å²) in [5, 5.41) is 11.9. The Labute approximate surface area is 113 Å². The van der Waals surface area contributed by atoms with Crippen LogP contribution in [0.2, 0.25) is 0 Å². The second-order valence-corrected chi connectivity index (χ2v) is 5.73. The summed E-state index contributed by atoms with van der Waals surface area (Å²) < 4.78 is 0. The van der Waals surface area contributed by atoms with Crippen molar-refractivity contribution in [3.05, 3.63) is 0 Å². The summed E-state index contributed by atoms with van der Waals surface area (Å²) in [6.45, 7) is 3.81. The van der Waals surface area contributed by atoms with Crippen LogP contribution in [-0.2, 0) is 4.79 Å². The number of hydrogen-bond acceptors (Lipinski definition) is 3. The fraction of sp³-hybridized carbons (Fsp3) is 0.846. The Morgan fingerprint density at radius 2 is 2.05 bits per heavy atom. The fourth-order valence-electron chi connectivity index (χ4n) is 2.90. The summed E-state index contributed by atoms with van der Waals surface area (Å²) in [5.74, 6) is -0.680. The fourth-order valence-corrected chi connectivity index (χ4v) is 2.90. The number of rotatable bonds is 3. The molecule has 0 aromatic heterocycles. The number of carbonyl (C=O) groups is 2. The summed E-state index contributed by atoms with van der Waals surface area (Å²) in [7, 11) is 2.09. The molecule has 0 aliphatic carbocycles. The number of urea groups is 1. The summed E-state index contributed by atoms with van der Waals surface area (Å²) in [4.78, 5) is 26.9. The van der Waals surface area contributed by atoms with Gasteiger partial charge in [-0.3, -0.25) is 4.79 Å². The Kier molecular flexibility index (Phi) is 4.63. The van der Waals surface area contributed by atoms with Crippen molar-refractivity contribution < 1.29 is 14.7 Å². The predicted molar refractivity (Wildman–Crippen MR) is 70.9 cm³/mol. The molecule has 1 unspecified atom stereocenters. The molecule has 19 heavy (non-hydrogen) atoms. The van der Waals surface area contributed by atoms with Gasteiger partial charge in [0.2, 0.25) is 0 Å². The summed E-state index contributed by atoms with van der Waals surface area (Å²) in [6, 6.07) is -0.111. The van der Waals surface area contributed by atoms with Crippen molar-refractivity contribution in [3.63, 3.8) is 0 Å². The lowest BCUT2D eigenvalue weighted by Crippen LogP contribution is -2.48. The van der Waals surface area contributed by atoms with Gasteiger partial charge in [0.05, 0.1) is 5.92 Å². The SMILES string of the molecule is CN1CCC(CNC(=O)N2CCC[C@@H](C(=O)O)C2)C1. The van der Waals surface area contributed by atoms with Gasteiger partial charge in [0, 0.05) is 26.2 Å². The first-order chi connectivity index (χ1) is 9.06. The van der Waals surface area contributed by atoms with Gasteiger partial charge < -0.3 is 20.2 Å². The minimum atomic E-state index is -0.796. The number of piperidine rings is 1. The van der Waals surface area contributed by atoms with Crippen LogP contribution >= 0.6 is 0 Å². The van der Waals surface area contributed by atoms with Gasteiger partial charge in [-0.2, -0.15) is 0 Å². The van der Waals surface area contributed by atoms with Gasteiger partial charge in [0.1, 0.15) is 0 Å². The van der Waals surface area contributed by atoms with E-state index in [1.54, 1.807) is 4.90 Å². The van der Waals surface area contributed by atoms with Gasteiger partial charge in [0.25, 0.3) is 0 Å². The van der Waals surface area contributed by atoms with E-state index in [1.165, 1.54) is 0 Å². The molecule has 0 aromatic rings. The number of nitrogens with zero attached hydrogens (tertiary/aromatic N) is 2. The molecule has 108 valence electrons. The highest BCUT2D eigenvalue weighted by atomic mass is 16.4. The highest BCUT2D eigenvalue weighted by Gasteiger charge is 2.28. The maximum atomic E-state index is 12.0. The smallest absolute Gasteiger partial charge is 0.317 e. The van der Waals surface area contributed by atoms with Crippen LogP contribution < -0.4 is 5.32 Å². The van der Waals surface area contributed by atoms with Crippen LogP contribution in [0, 0.1) is 11.8 Å². The standard InChI is InChI=1S/C13H23N3O3/c1-15-6-4-10(8-15)7-14-13(19)16-5-2-3-11(9-16)12(17)18/h10-11H,2-9H2,1H3,(H,14,19)(H,17,18)/t10?,11-/m1/s1. The monoisotopic (exact) mass is 269 g/mol. The number of carboxylic acids is 1. The van der Waals surface area contributed by atoms with Crippen molar-refractivity contribution in [2.45, 2.75) is 19.3 Å². The van der Waals surface area contributed by atoms with E-state index >= 15 is 0 Å². The predicted octanol–water partition coefficient (Wildman–Crippen LogP) is 0.444. The maximum absolute atomic E-state index is 12.0. The molecule has 6 nitrogen and oxygen atoms in total. The van der Waals surface area contributed by atoms with Crippen molar-refractivity contribution in [2.75, 3.05) is 39.8 Å². The van der Waals surface area contributed by atoms with Gasteiger partial charge >= 0.3 is 12.0 Å². The van der Waals surface area contributed by atoms with Gasteiger partial charge in [-0.1, -0.05) is 0 Å². The zero-order valence-corrected chi connectivity index (χ0v) is 11.5. The molecule has 2 saturated heterocycles. The number of aliphatic carboxylic acids is 1. The van der Waals surface area contributed by atoms with Crippen LogP contribution in [0.15, 0.2) is 0 Å². The molecule has 2 atom stereocenters. The second kappa shape index (κ2) is 6.23. The molecule has 2 heterocycles. The first-order valence-electron chi connectivity index (χ1n) is 7.00. The van der Waals surface area contributed by atoms with Crippen LogP contribution in [0.1, 0.15) is 19.3 Å². The Bertz CT molecular complexity index is 348. The molecule has 0 saturated carbocycles. The van der Waals surface area contributed by atoms with E-state index in [0.29, 0.717) is 32.0 Å². The third kappa shape index (κ3) is 3.83. The molecule has 2 aliphatic heterocycles. The molecule has 2 rings (SSSR count). The molecule has 0 aromatic carbocycles. The molecule has 0 spiro atoms. The normalized spacial score (nSPS) is 28.4. The van der Waals surface area contributed by atoms with E-state index in [-0.39, 0.29) is 6.03 Å². The van der Waals surface area contributed by atoms with Crippen LogP contribution in [0.3, 0.4) is 0 Å². The zero-order valence-electron chi connectivity index (χ0n) is 11.5. The molecular formula is C13H23N3O3. The summed E-state index contributed by atoms with van der Waals surface area (Å²) >= 11 is 0. The van der Waals surface area contributed by atoms with Crippen molar-refractivity contribution in [1.29, 1.82) is 0 Å². The number of nitrogens with one attached hydrogen (secondary N) is 1. The van der Waals surface area contributed by atoms with Crippen molar-refractivity contribution in [3.8, 4) is 0 Å². The molecule has 0 bridgehead atoms. The molecule has 2 amide bonds. The topological polar surface area (TPSA) is 72.9 Å². The van der Waals surface area contributed by atoms with Gasteiger partial charge in [0.15, 0.2) is 0 Å². The molecule has 6 heteroatoms. The minimum Gasteiger partial charge on any atom is -0.481 e. The lowest BCUT2D eigenvalue weighted by molar-refractivity contribution is -0.143. The van der Waals surface area contributed by atoms with E-state index in [0.717, 1.165) is 25.9 Å². The molecule has 2 fully saturated rings. The third-order valence-corrected chi connectivity index (χ3v) is 4.09.